The van der Waals surface area contributed by atoms with Crippen molar-refractivity contribution >= 4 is 28.4 Å². The fourth-order valence-electron chi connectivity index (χ4n) is 1.88. The molecule has 0 heterocycles. The molecule has 98 valence electrons. The average Bonchev–Trinajstić information content (AvgIpc) is 2.38. The summed E-state index contributed by atoms with van der Waals surface area (Å²) >= 11 is 0. The Bertz CT molecular complexity index is 620. The molecule has 19 heavy (non-hydrogen) atoms. The Morgan fingerprint density at radius 2 is 1.79 bits per heavy atom. The summed E-state index contributed by atoms with van der Waals surface area (Å²) in [7, 11) is 0. The van der Waals surface area contributed by atoms with Crippen molar-refractivity contribution in [3.8, 4) is 0 Å². The Kier molecular flexibility index (Phi) is 3.66. The number of nitrogens with two attached hydrogens (primary N) is 1. The number of carbonyl (C=O) groups is 2. The quantitative estimate of drug-likeness (QED) is 0.784. The molecule has 5 heteroatoms. The molecule has 0 saturated heterocycles. The van der Waals surface area contributed by atoms with E-state index in [1.807, 2.05) is 47.8 Å². The summed E-state index contributed by atoms with van der Waals surface area (Å²) in [6, 6.07) is 12.2. The van der Waals surface area contributed by atoms with Crippen molar-refractivity contribution < 1.29 is 9.59 Å². The monoisotopic (exact) mass is 257 g/mol. The Labute approximate surface area is 110 Å². The lowest BCUT2D eigenvalue weighted by Crippen LogP contribution is -2.43. The number of carbonyl (C=O) groups excluding carboxylic acids is 2. The molecule has 0 radical (unpaired) electrons. The van der Waals surface area contributed by atoms with Gasteiger partial charge in [0.1, 0.15) is 6.04 Å². The minimum atomic E-state index is -0.850. The molecule has 1 atom stereocenters. The molecule has 0 unspecified atom stereocenters. The average molecular weight is 257 g/mol. The first-order chi connectivity index (χ1) is 9.08. The lowest BCUT2D eigenvalue weighted by Gasteiger charge is -2.15. The van der Waals surface area contributed by atoms with Gasteiger partial charge >= 0.3 is 6.03 Å². The van der Waals surface area contributed by atoms with Crippen LogP contribution in [-0.2, 0) is 4.79 Å². The second-order valence-electron chi connectivity index (χ2n) is 4.25. The number of hydrogen-bond acceptors (Lipinski definition) is 3. The van der Waals surface area contributed by atoms with E-state index >= 15 is 0 Å². The van der Waals surface area contributed by atoms with Gasteiger partial charge < -0.3 is 11.1 Å². The number of primary amides is 1. The number of benzene rings is 2. The van der Waals surface area contributed by atoms with Crippen LogP contribution < -0.4 is 16.4 Å². The van der Waals surface area contributed by atoms with Gasteiger partial charge in [0.15, 0.2) is 0 Å². The Hall–Kier alpha value is -2.56. The van der Waals surface area contributed by atoms with Crippen molar-refractivity contribution in [3.05, 3.63) is 42.5 Å². The number of urea groups is 1. The van der Waals surface area contributed by atoms with Gasteiger partial charge in [0.05, 0.1) is 0 Å². The van der Waals surface area contributed by atoms with Crippen molar-refractivity contribution in [1.29, 1.82) is 0 Å². The van der Waals surface area contributed by atoms with Gasteiger partial charge in [-0.3, -0.25) is 10.1 Å². The second-order valence-corrected chi connectivity index (χ2v) is 4.25. The van der Waals surface area contributed by atoms with Crippen molar-refractivity contribution in [2.75, 3.05) is 5.32 Å². The molecule has 0 aliphatic carbocycles. The summed E-state index contributed by atoms with van der Waals surface area (Å²) in [6.07, 6.45) is 0. The molecule has 3 amide bonds. The van der Waals surface area contributed by atoms with Gasteiger partial charge in [0.2, 0.25) is 5.91 Å². The lowest BCUT2D eigenvalue weighted by atomic mass is 10.1. The maximum Gasteiger partial charge on any atom is 0.318 e. The van der Waals surface area contributed by atoms with Gasteiger partial charge in [-0.1, -0.05) is 36.4 Å². The van der Waals surface area contributed by atoms with Crippen LogP contribution in [-0.4, -0.2) is 18.0 Å². The molecule has 0 aliphatic heterocycles. The summed E-state index contributed by atoms with van der Waals surface area (Å²) in [5.41, 5.74) is 5.75. The highest BCUT2D eigenvalue weighted by Gasteiger charge is 2.14. The van der Waals surface area contributed by atoms with Gasteiger partial charge in [0, 0.05) is 11.1 Å². The number of amides is 3. The normalized spacial score (nSPS) is 11.8. The van der Waals surface area contributed by atoms with Crippen molar-refractivity contribution in [3.63, 3.8) is 0 Å². The molecule has 0 fully saturated rings. The van der Waals surface area contributed by atoms with E-state index in [-0.39, 0.29) is 0 Å². The van der Waals surface area contributed by atoms with Gasteiger partial charge in [0.25, 0.3) is 0 Å². The predicted octanol–water partition coefficient (Wildman–Crippen LogP) is 1.84. The van der Waals surface area contributed by atoms with Crippen LogP contribution in [0.5, 0.6) is 0 Å². The molecule has 0 spiro atoms. The van der Waals surface area contributed by atoms with E-state index in [0.717, 1.165) is 16.5 Å². The lowest BCUT2D eigenvalue weighted by molar-refractivity contribution is -0.120. The zero-order valence-electron chi connectivity index (χ0n) is 10.5. The fourth-order valence-corrected chi connectivity index (χ4v) is 1.88. The summed E-state index contributed by atoms with van der Waals surface area (Å²) in [4.78, 5) is 22.3. The van der Waals surface area contributed by atoms with E-state index in [2.05, 4.69) is 5.32 Å². The van der Waals surface area contributed by atoms with Crippen molar-refractivity contribution in [1.82, 2.24) is 5.32 Å². The number of imide groups is 1. The topological polar surface area (TPSA) is 84.2 Å². The van der Waals surface area contributed by atoms with E-state index in [1.165, 1.54) is 0 Å². The standard InChI is InChI=1S/C14H15N3O2/c1-9(13(18)17-14(15)19)16-12-8-4-6-10-5-2-3-7-11(10)12/h2-9,16H,1H3,(H3,15,17,18,19)/t9-/m0/s1. The van der Waals surface area contributed by atoms with Gasteiger partial charge in [-0.15, -0.1) is 0 Å². The third kappa shape index (κ3) is 3.01. The Morgan fingerprint density at radius 3 is 2.53 bits per heavy atom. The molecular formula is C14H15N3O2. The van der Waals surface area contributed by atoms with Crippen LogP contribution >= 0.6 is 0 Å². The molecular weight excluding hydrogens is 242 g/mol. The van der Waals surface area contributed by atoms with Crippen LogP contribution in [0.3, 0.4) is 0 Å². The van der Waals surface area contributed by atoms with Crippen LogP contribution in [0.25, 0.3) is 10.8 Å². The molecule has 4 N–H and O–H groups in total. The van der Waals surface area contributed by atoms with Crippen LogP contribution in [0.4, 0.5) is 10.5 Å². The molecule has 2 aromatic rings. The highest BCUT2D eigenvalue weighted by atomic mass is 16.2. The Balaban J connectivity index is 2.21. The van der Waals surface area contributed by atoms with E-state index in [0.29, 0.717) is 0 Å². The van der Waals surface area contributed by atoms with Crippen LogP contribution in [0.1, 0.15) is 6.92 Å². The minimum absolute atomic E-state index is 0.458. The number of fused-ring (bicyclic) bond motifs is 1. The van der Waals surface area contributed by atoms with Crippen molar-refractivity contribution in [2.24, 2.45) is 5.73 Å². The number of anilines is 1. The molecule has 2 aromatic carbocycles. The molecule has 0 bridgehead atoms. The molecule has 0 aromatic heterocycles. The summed E-state index contributed by atoms with van der Waals surface area (Å²) in [5.74, 6) is -0.458. The third-order valence-corrected chi connectivity index (χ3v) is 2.80. The summed E-state index contributed by atoms with van der Waals surface area (Å²) < 4.78 is 0. The van der Waals surface area contributed by atoms with Crippen LogP contribution in [0, 0.1) is 0 Å². The Morgan fingerprint density at radius 1 is 1.11 bits per heavy atom. The highest BCUT2D eigenvalue weighted by molar-refractivity contribution is 5.99. The zero-order chi connectivity index (χ0) is 13.8. The first-order valence-corrected chi connectivity index (χ1v) is 5.92. The third-order valence-electron chi connectivity index (χ3n) is 2.80. The summed E-state index contributed by atoms with van der Waals surface area (Å²) in [6.45, 7) is 1.67. The summed E-state index contributed by atoms with van der Waals surface area (Å²) in [5, 5.41) is 7.21. The molecule has 0 aliphatic rings. The minimum Gasteiger partial charge on any atom is -0.373 e. The zero-order valence-corrected chi connectivity index (χ0v) is 10.5. The first kappa shape index (κ1) is 12.9. The van der Waals surface area contributed by atoms with Crippen molar-refractivity contribution in [2.45, 2.75) is 13.0 Å². The van der Waals surface area contributed by atoms with E-state index in [1.54, 1.807) is 6.92 Å². The van der Waals surface area contributed by atoms with Crippen LogP contribution in [0.2, 0.25) is 0 Å². The molecule has 5 nitrogen and oxygen atoms in total. The second kappa shape index (κ2) is 5.39. The number of nitrogens with one attached hydrogen (secondary N) is 2. The predicted molar refractivity (Wildman–Crippen MR) is 74.8 cm³/mol. The molecule has 2 rings (SSSR count). The maximum atomic E-state index is 11.6. The molecule has 0 saturated carbocycles. The van der Waals surface area contributed by atoms with E-state index in [9.17, 15) is 9.59 Å². The largest absolute Gasteiger partial charge is 0.373 e. The van der Waals surface area contributed by atoms with Gasteiger partial charge in [-0.25, -0.2) is 4.79 Å². The number of rotatable bonds is 3. The van der Waals surface area contributed by atoms with Gasteiger partial charge in [-0.2, -0.15) is 0 Å². The van der Waals surface area contributed by atoms with Crippen LogP contribution in [0.15, 0.2) is 42.5 Å². The van der Waals surface area contributed by atoms with E-state index in [4.69, 9.17) is 5.73 Å². The first-order valence-electron chi connectivity index (χ1n) is 5.92. The highest BCUT2D eigenvalue weighted by Crippen LogP contribution is 2.23. The number of hydrogen-bond donors (Lipinski definition) is 3. The van der Waals surface area contributed by atoms with E-state index < -0.39 is 18.0 Å². The fraction of sp³-hybridized carbons (Fsp3) is 0.143. The van der Waals surface area contributed by atoms with Gasteiger partial charge in [-0.05, 0) is 18.4 Å². The smallest absolute Gasteiger partial charge is 0.318 e. The SMILES string of the molecule is C[C@H](Nc1cccc2ccccc12)C(=O)NC(N)=O. The maximum absolute atomic E-state index is 11.6.